The Bertz CT molecular complexity index is 410. The molecule has 69 valence electrons. The van der Waals surface area contributed by atoms with E-state index in [4.69, 9.17) is 12.6 Å². The van der Waals surface area contributed by atoms with Crippen LogP contribution in [0.4, 0.5) is 0 Å². The zero-order valence-electron chi connectivity index (χ0n) is 7.51. The van der Waals surface area contributed by atoms with Gasteiger partial charge in [-0.1, -0.05) is 54.7 Å². The maximum Gasteiger partial charge on any atom is 0.0516 e. The van der Waals surface area contributed by atoms with Gasteiger partial charge < -0.3 is 0 Å². The van der Waals surface area contributed by atoms with Crippen molar-refractivity contribution in [1.82, 2.24) is 0 Å². The Morgan fingerprint density at radius 2 is 1.43 bits per heavy atom. The number of benzene rings is 2. The molecule has 14 heavy (non-hydrogen) atoms. The van der Waals surface area contributed by atoms with Gasteiger partial charge in [0.25, 0.3) is 0 Å². The summed E-state index contributed by atoms with van der Waals surface area (Å²) < 4.78 is 0. The second-order valence-corrected chi connectivity index (χ2v) is 4.42. The van der Waals surface area contributed by atoms with Gasteiger partial charge in [-0.15, -0.1) is 0 Å². The van der Waals surface area contributed by atoms with E-state index in [-0.39, 0.29) is 0 Å². The van der Waals surface area contributed by atoms with Crippen molar-refractivity contribution >= 4 is 24.4 Å². The molecule has 0 aromatic heterocycles. The minimum Gasteiger partial charge on any atom is -0.0886 e. The first-order valence-corrected chi connectivity index (χ1v) is 5.58. The molecule has 0 amide bonds. The summed E-state index contributed by atoms with van der Waals surface area (Å²) in [6, 6.07) is 18.3. The zero-order chi connectivity index (χ0) is 9.80. The summed E-state index contributed by atoms with van der Waals surface area (Å²) in [5.41, 5.74) is 0. The first-order valence-electron chi connectivity index (χ1n) is 4.35. The fraction of sp³-hybridized carbons (Fsp3) is 0. The van der Waals surface area contributed by atoms with Gasteiger partial charge in [-0.3, -0.25) is 0 Å². The fourth-order valence-corrected chi connectivity index (χ4v) is 2.28. The van der Waals surface area contributed by atoms with E-state index in [1.54, 1.807) is 11.8 Å². The van der Waals surface area contributed by atoms with E-state index in [0.717, 1.165) is 9.79 Å². The highest BCUT2D eigenvalue weighted by molar-refractivity contribution is 7.99. The minimum absolute atomic E-state index is 0.918. The lowest BCUT2D eigenvalue weighted by Gasteiger charge is -2.02. The molecule has 2 rings (SSSR count). The van der Waals surface area contributed by atoms with Crippen LogP contribution in [0.3, 0.4) is 0 Å². The predicted octanol–water partition coefficient (Wildman–Crippen LogP) is 4.39. The van der Waals surface area contributed by atoms with Gasteiger partial charge in [0.2, 0.25) is 0 Å². The molecular weight excluding hydrogens is 208 g/mol. The van der Waals surface area contributed by atoms with Gasteiger partial charge in [0.05, 0.1) is 4.90 Å². The van der Waals surface area contributed by atoms with Crippen LogP contribution in [0.2, 0.25) is 0 Å². The Balaban J connectivity index is 2.24. The minimum atomic E-state index is 0.918. The van der Waals surface area contributed by atoms with Gasteiger partial charge in [0, 0.05) is 9.79 Å². The van der Waals surface area contributed by atoms with Crippen molar-refractivity contribution in [3.63, 3.8) is 0 Å². The highest BCUT2D eigenvalue weighted by Gasteiger charge is 1.99. The van der Waals surface area contributed by atoms with Crippen molar-refractivity contribution in [2.45, 2.75) is 14.7 Å². The third-order valence-corrected chi connectivity index (χ3v) is 3.39. The van der Waals surface area contributed by atoms with Gasteiger partial charge in [0.1, 0.15) is 0 Å². The molecule has 0 N–H and O–H groups in total. The molecule has 0 saturated heterocycles. The summed E-state index contributed by atoms with van der Waals surface area (Å²) in [5.74, 6) is 0. The maximum absolute atomic E-state index is 5.23. The van der Waals surface area contributed by atoms with Crippen LogP contribution in [0.25, 0.3) is 0 Å². The molecule has 1 radical (unpaired) electrons. The molecule has 2 aromatic carbocycles. The molecule has 0 aliphatic heterocycles. The summed E-state index contributed by atoms with van der Waals surface area (Å²) in [6.07, 6.45) is 0. The van der Waals surface area contributed by atoms with Gasteiger partial charge >= 0.3 is 0 Å². The molecule has 2 heteroatoms. The molecule has 0 unspecified atom stereocenters. The molecule has 0 saturated carbocycles. The average molecular weight is 217 g/mol. The molecule has 0 atom stereocenters. The third kappa shape index (κ3) is 2.28. The SMILES string of the molecule is [S]c1ccccc1Sc1ccccc1. The lowest BCUT2D eigenvalue weighted by molar-refractivity contribution is 1.25. The van der Waals surface area contributed by atoms with E-state index < -0.39 is 0 Å². The molecule has 0 aliphatic rings. The van der Waals surface area contributed by atoms with Gasteiger partial charge in [0.15, 0.2) is 0 Å². The summed E-state index contributed by atoms with van der Waals surface area (Å²) in [4.78, 5) is 3.29. The number of hydrogen-bond donors (Lipinski definition) is 0. The van der Waals surface area contributed by atoms with Gasteiger partial charge in [-0.25, -0.2) is 0 Å². The molecular formula is C12H9S2. The second kappa shape index (κ2) is 4.49. The van der Waals surface area contributed by atoms with Crippen molar-refractivity contribution in [2.75, 3.05) is 0 Å². The quantitative estimate of drug-likeness (QED) is 0.718. The largest absolute Gasteiger partial charge is 0.0886 e. The Labute approximate surface area is 93.8 Å². The van der Waals surface area contributed by atoms with E-state index in [0.29, 0.717) is 0 Å². The summed E-state index contributed by atoms with van der Waals surface area (Å²) in [6.45, 7) is 0. The van der Waals surface area contributed by atoms with E-state index in [9.17, 15) is 0 Å². The van der Waals surface area contributed by atoms with Crippen LogP contribution in [0.1, 0.15) is 0 Å². The van der Waals surface area contributed by atoms with E-state index >= 15 is 0 Å². The fourth-order valence-electron chi connectivity index (χ4n) is 1.15. The normalized spacial score (nSPS) is 10.0. The predicted molar refractivity (Wildman–Crippen MR) is 62.9 cm³/mol. The topological polar surface area (TPSA) is 0 Å². The molecule has 0 fully saturated rings. The van der Waals surface area contributed by atoms with Crippen LogP contribution in [0.5, 0.6) is 0 Å². The monoisotopic (exact) mass is 217 g/mol. The maximum atomic E-state index is 5.23. The summed E-state index contributed by atoms with van der Waals surface area (Å²) >= 11 is 6.94. The standard InChI is InChI=1S/C12H9S2/c13-11-8-4-5-9-12(11)14-10-6-2-1-3-7-10/h1-9H. The second-order valence-electron chi connectivity index (χ2n) is 2.86. The average Bonchev–Trinajstić information content (AvgIpc) is 2.23. The van der Waals surface area contributed by atoms with Crippen LogP contribution in [-0.2, 0) is 0 Å². The van der Waals surface area contributed by atoms with Crippen LogP contribution in [0.15, 0.2) is 69.3 Å². The molecule has 0 bridgehead atoms. The smallest absolute Gasteiger partial charge is 0.0516 e. The van der Waals surface area contributed by atoms with E-state index in [1.807, 2.05) is 36.4 Å². The van der Waals surface area contributed by atoms with Crippen molar-refractivity contribution in [1.29, 1.82) is 0 Å². The number of hydrogen-bond acceptors (Lipinski definition) is 1. The first kappa shape index (κ1) is 9.56. The molecule has 0 nitrogen and oxygen atoms in total. The Morgan fingerprint density at radius 1 is 0.786 bits per heavy atom. The highest BCUT2D eigenvalue weighted by atomic mass is 32.2. The Kier molecular flexibility index (Phi) is 3.07. The van der Waals surface area contributed by atoms with Crippen LogP contribution >= 0.6 is 24.4 Å². The lowest BCUT2D eigenvalue weighted by atomic mass is 10.4. The Morgan fingerprint density at radius 3 is 2.14 bits per heavy atom. The van der Waals surface area contributed by atoms with Gasteiger partial charge in [-0.2, -0.15) is 0 Å². The summed E-state index contributed by atoms with van der Waals surface area (Å²) in [5, 5.41) is 0. The summed E-state index contributed by atoms with van der Waals surface area (Å²) in [7, 11) is 0. The third-order valence-electron chi connectivity index (χ3n) is 1.82. The zero-order valence-corrected chi connectivity index (χ0v) is 9.15. The van der Waals surface area contributed by atoms with Crippen LogP contribution < -0.4 is 0 Å². The molecule has 0 aliphatic carbocycles. The van der Waals surface area contributed by atoms with E-state index in [1.165, 1.54) is 4.90 Å². The first-order chi connectivity index (χ1) is 6.86. The highest BCUT2D eigenvalue weighted by Crippen LogP contribution is 2.31. The Hall–Kier alpha value is -0.990. The van der Waals surface area contributed by atoms with Crippen molar-refractivity contribution in [3.05, 3.63) is 54.6 Å². The molecule has 0 spiro atoms. The lowest BCUT2D eigenvalue weighted by Crippen LogP contribution is -1.74. The van der Waals surface area contributed by atoms with E-state index in [2.05, 4.69) is 18.2 Å². The van der Waals surface area contributed by atoms with Crippen molar-refractivity contribution < 1.29 is 0 Å². The van der Waals surface area contributed by atoms with Crippen molar-refractivity contribution in [3.8, 4) is 0 Å². The molecule has 0 heterocycles. The van der Waals surface area contributed by atoms with Gasteiger partial charge in [-0.05, 0) is 24.3 Å². The van der Waals surface area contributed by atoms with Crippen molar-refractivity contribution in [2.24, 2.45) is 0 Å². The molecule has 2 aromatic rings. The number of rotatable bonds is 2. The van der Waals surface area contributed by atoms with Crippen LogP contribution in [0, 0.1) is 0 Å². The van der Waals surface area contributed by atoms with Crippen LogP contribution in [-0.4, -0.2) is 0 Å².